The van der Waals surface area contributed by atoms with E-state index in [0.29, 0.717) is 0 Å². The molecule has 0 spiro atoms. The summed E-state index contributed by atoms with van der Waals surface area (Å²) in [5.74, 6) is -0.821. The molecule has 1 heterocycles. The Hall–Kier alpha value is -1.36. The molecular weight excluding hydrogens is 220 g/mol. The second-order valence-electron chi connectivity index (χ2n) is 4.51. The summed E-state index contributed by atoms with van der Waals surface area (Å²) in [6.45, 7) is 3.51. The summed E-state index contributed by atoms with van der Waals surface area (Å²) in [5, 5.41) is 8.89. The third-order valence-corrected chi connectivity index (χ3v) is 3.08. The van der Waals surface area contributed by atoms with E-state index in [1.165, 1.54) is 30.7 Å². The summed E-state index contributed by atoms with van der Waals surface area (Å²) in [7, 11) is 2.09. The average Bonchev–Trinajstić information content (AvgIpc) is 2.56. The van der Waals surface area contributed by atoms with E-state index in [1.54, 1.807) is 6.92 Å². The number of hydrogen-bond acceptors (Lipinski definition) is 4. The van der Waals surface area contributed by atoms with E-state index in [9.17, 15) is 4.79 Å². The maximum Gasteiger partial charge on any atom is 0.315 e. The predicted octanol–water partition coefficient (Wildman–Crippen LogP) is -1.14. The first-order valence-corrected chi connectivity index (χ1v) is 5.91. The molecule has 1 N–H and O–H groups in total. The van der Waals surface area contributed by atoms with Gasteiger partial charge in [0.15, 0.2) is 6.67 Å². The Bertz CT molecular complexity index is 346. The van der Waals surface area contributed by atoms with Gasteiger partial charge in [-0.25, -0.2) is 9.69 Å². The highest BCUT2D eigenvalue weighted by Gasteiger charge is 2.35. The second kappa shape index (κ2) is 5.82. The number of carboxylic acid groups (broad SMARTS) is 1. The molecule has 0 fully saturated rings. The molecule has 0 saturated heterocycles. The topological polar surface area (TPSA) is 64.9 Å². The molecule has 0 aromatic carbocycles. The van der Waals surface area contributed by atoms with E-state index in [1.807, 2.05) is 0 Å². The largest absolute Gasteiger partial charge is 0.550 e. The molecule has 5 nitrogen and oxygen atoms in total. The first-order chi connectivity index (χ1) is 7.93. The minimum atomic E-state index is -1.08. The van der Waals surface area contributed by atoms with E-state index in [2.05, 4.69) is 11.9 Å². The number of amides is 1. The first kappa shape index (κ1) is 13.7. The highest BCUT2D eigenvalue weighted by Crippen LogP contribution is 2.25. The van der Waals surface area contributed by atoms with Gasteiger partial charge in [-0.15, -0.1) is 0 Å². The Kier molecular flexibility index (Phi) is 4.69. The molecule has 0 aromatic rings. The van der Waals surface area contributed by atoms with Crippen molar-refractivity contribution in [3.05, 3.63) is 11.4 Å². The number of carbonyl (C=O) groups is 2. The summed E-state index contributed by atoms with van der Waals surface area (Å²) < 4.78 is 0. The second-order valence-corrected chi connectivity index (χ2v) is 4.51. The van der Waals surface area contributed by atoms with Crippen LogP contribution in [0.5, 0.6) is 0 Å². The number of rotatable bonds is 0. The minimum Gasteiger partial charge on any atom is -0.550 e. The molecule has 1 aliphatic carbocycles. The Morgan fingerprint density at radius 1 is 1.24 bits per heavy atom. The Morgan fingerprint density at radius 2 is 1.76 bits per heavy atom. The third-order valence-electron chi connectivity index (χ3n) is 3.08. The third kappa shape index (κ3) is 3.56. The van der Waals surface area contributed by atoms with E-state index < -0.39 is 5.97 Å². The van der Waals surface area contributed by atoms with Crippen LogP contribution in [0.15, 0.2) is 11.4 Å². The van der Waals surface area contributed by atoms with E-state index in [4.69, 9.17) is 9.90 Å². The smallest absolute Gasteiger partial charge is 0.315 e. The van der Waals surface area contributed by atoms with Crippen LogP contribution < -0.4 is 10.0 Å². The quantitative estimate of drug-likeness (QED) is 0.581. The molecule has 2 rings (SSSR count). The zero-order chi connectivity index (χ0) is 13.0. The number of hydrogen-bond donors (Lipinski definition) is 1. The van der Waals surface area contributed by atoms with Gasteiger partial charge in [0.05, 0.1) is 12.6 Å². The van der Waals surface area contributed by atoms with Gasteiger partial charge in [-0.1, -0.05) is 0 Å². The minimum absolute atomic E-state index is 0.263. The van der Waals surface area contributed by atoms with E-state index in [0.717, 1.165) is 24.9 Å². The molecule has 1 unspecified atom stereocenters. The maximum atomic E-state index is 11.3. The summed E-state index contributed by atoms with van der Waals surface area (Å²) >= 11 is 0. The molecule has 17 heavy (non-hydrogen) atoms. The van der Waals surface area contributed by atoms with E-state index >= 15 is 0 Å². The van der Waals surface area contributed by atoms with Gasteiger partial charge in [-0.3, -0.25) is 0 Å². The van der Waals surface area contributed by atoms with E-state index in [-0.39, 0.29) is 5.91 Å². The van der Waals surface area contributed by atoms with Gasteiger partial charge in [0.2, 0.25) is 0 Å². The van der Waals surface area contributed by atoms with Crippen molar-refractivity contribution in [2.45, 2.75) is 39.5 Å². The fraction of sp³-hybridized carbons (Fsp3) is 0.667. The van der Waals surface area contributed by atoms with Crippen LogP contribution in [-0.4, -0.2) is 30.5 Å². The van der Waals surface area contributed by atoms with Gasteiger partial charge in [-0.05, 0) is 26.2 Å². The zero-order valence-electron chi connectivity index (χ0n) is 10.7. The molecule has 1 atom stereocenters. The molecular formula is C12H20N2O3. The van der Waals surface area contributed by atoms with Crippen LogP contribution in [0.25, 0.3) is 0 Å². The van der Waals surface area contributed by atoms with Crippen molar-refractivity contribution in [2.75, 3.05) is 13.7 Å². The molecule has 0 saturated carbocycles. The molecule has 1 amide bonds. The molecule has 96 valence electrons. The summed E-state index contributed by atoms with van der Waals surface area (Å²) in [6, 6.07) is 0. The Balaban J connectivity index is 0.000000317. The highest BCUT2D eigenvalue weighted by atomic mass is 16.4. The lowest BCUT2D eigenvalue weighted by Crippen LogP contribution is -3.12. The molecule has 0 bridgehead atoms. The van der Waals surface area contributed by atoms with Gasteiger partial charge in [-0.2, -0.15) is 0 Å². The molecule has 2 aliphatic rings. The monoisotopic (exact) mass is 240 g/mol. The average molecular weight is 240 g/mol. The molecule has 0 radical (unpaired) electrons. The standard InChI is InChI=1S/C10H16N2O.C2H4O2/c1-8(13)12-7-11(2)9-5-3-4-6-10(9)12;1-2(3)4/h3-7H2,1-2H3;1H3,(H,3,4). The fourth-order valence-electron chi connectivity index (χ4n) is 2.39. The summed E-state index contributed by atoms with van der Waals surface area (Å²) in [4.78, 5) is 23.5. The number of nitrogens with zero attached hydrogens (tertiary/aromatic N) is 1. The van der Waals surface area contributed by atoms with Crippen molar-refractivity contribution in [3.8, 4) is 0 Å². The van der Waals surface area contributed by atoms with Crippen molar-refractivity contribution in [1.29, 1.82) is 0 Å². The van der Waals surface area contributed by atoms with Crippen molar-refractivity contribution >= 4 is 11.9 Å². The lowest BCUT2D eigenvalue weighted by molar-refractivity contribution is -0.781. The van der Waals surface area contributed by atoms with Crippen molar-refractivity contribution in [1.82, 2.24) is 4.90 Å². The van der Waals surface area contributed by atoms with Gasteiger partial charge in [0, 0.05) is 19.4 Å². The summed E-state index contributed by atoms with van der Waals surface area (Å²) in [5.41, 5.74) is 2.79. The van der Waals surface area contributed by atoms with Crippen LogP contribution in [0.1, 0.15) is 39.5 Å². The highest BCUT2D eigenvalue weighted by molar-refractivity contribution is 5.64. The van der Waals surface area contributed by atoms with Gasteiger partial charge in [0.25, 0.3) is 0 Å². The van der Waals surface area contributed by atoms with Crippen molar-refractivity contribution in [2.24, 2.45) is 0 Å². The lowest BCUT2D eigenvalue weighted by Gasteiger charge is -2.14. The van der Waals surface area contributed by atoms with Gasteiger partial charge >= 0.3 is 5.91 Å². The number of nitrogens with one attached hydrogen (secondary N) is 1. The van der Waals surface area contributed by atoms with Gasteiger partial charge in [0.1, 0.15) is 5.70 Å². The molecule has 5 heteroatoms. The van der Waals surface area contributed by atoms with Gasteiger partial charge < -0.3 is 14.8 Å². The predicted molar refractivity (Wildman–Crippen MR) is 60.4 cm³/mol. The Labute approximate surface area is 102 Å². The number of carboxylic acids is 1. The van der Waals surface area contributed by atoms with Crippen LogP contribution in [0.2, 0.25) is 0 Å². The van der Waals surface area contributed by atoms with Crippen LogP contribution in [-0.2, 0) is 9.59 Å². The number of aliphatic carboxylic acids is 1. The summed E-state index contributed by atoms with van der Waals surface area (Å²) in [6.07, 6.45) is 4.83. The van der Waals surface area contributed by atoms with Crippen molar-refractivity contribution in [3.63, 3.8) is 0 Å². The zero-order valence-corrected chi connectivity index (χ0v) is 10.7. The van der Waals surface area contributed by atoms with Crippen LogP contribution in [0.4, 0.5) is 0 Å². The number of carbonyl (C=O) groups excluding carboxylic acids is 2. The van der Waals surface area contributed by atoms with Crippen LogP contribution in [0, 0.1) is 0 Å². The normalized spacial score (nSPS) is 22.8. The van der Waals surface area contributed by atoms with Crippen LogP contribution >= 0.6 is 0 Å². The first-order valence-electron chi connectivity index (χ1n) is 5.91. The maximum absolute atomic E-state index is 11.3. The SMILES string of the molecule is CC(=O)[NH+]1CN(C)C2=C1CCCC2.CC(=O)[O-]. The number of allylic oxidation sites excluding steroid dienone is 2. The Morgan fingerprint density at radius 3 is 2.29 bits per heavy atom. The fourth-order valence-corrected chi connectivity index (χ4v) is 2.39. The lowest BCUT2D eigenvalue weighted by atomic mass is 10.0. The van der Waals surface area contributed by atoms with Crippen molar-refractivity contribution < 1.29 is 19.6 Å². The van der Waals surface area contributed by atoms with Crippen LogP contribution in [0.3, 0.4) is 0 Å². The number of quaternary nitrogens is 1. The molecule has 0 aromatic heterocycles. The molecule has 1 aliphatic heterocycles.